The van der Waals surface area contributed by atoms with Crippen molar-refractivity contribution in [1.82, 2.24) is 0 Å². The first-order valence-corrected chi connectivity index (χ1v) is 11.4. The molecule has 1 aliphatic rings. The molecular weight excluding hydrogens is 411 g/mol. The maximum absolute atomic E-state index is 13.2. The summed E-state index contributed by atoms with van der Waals surface area (Å²) in [6.45, 7) is 0.528. The second-order valence-corrected chi connectivity index (χ2v) is 9.45. The van der Waals surface area contributed by atoms with Gasteiger partial charge in [-0.05, 0) is 66.1 Å². The first-order valence-electron chi connectivity index (χ1n) is 9.04. The van der Waals surface area contributed by atoms with Gasteiger partial charge in [-0.15, -0.1) is 11.6 Å². The van der Waals surface area contributed by atoms with Crippen molar-refractivity contribution >= 4 is 32.8 Å². The quantitative estimate of drug-likeness (QED) is 0.683. The Labute approximate surface area is 175 Å². The van der Waals surface area contributed by atoms with Crippen LogP contribution in [0.15, 0.2) is 83.4 Å². The molecule has 0 fully saturated rings. The largest absolute Gasteiger partial charge is 0.397 e. The van der Waals surface area contributed by atoms with Gasteiger partial charge in [-0.1, -0.05) is 18.2 Å². The summed E-state index contributed by atoms with van der Waals surface area (Å²) in [4.78, 5) is 2.17. The predicted molar refractivity (Wildman–Crippen MR) is 117 cm³/mol. The van der Waals surface area contributed by atoms with E-state index >= 15 is 0 Å². The van der Waals surface area contributed by atoms with Crippen molar-refractivity contribution in [3.63, 3.8) is 0 Å². The molecule has 29 heavy (non-hydrogen) atoms. The number of anilines is 1. The van der Waals surface area contributed by atoms with Crippen LogP contribution in [0.5, 0.6) is 0 Å². The molecule has 4 nitrogen and oxygen atoms in total. The fourth-order valence-electron chi connectivity index (χ4n) is 2.93. The lowest BCUT2D eigenvalue weighted by Gasteiger charge is -2.24. The van der Waals surface area contributed by atoms with Gasteiger partial charge in [0, 0.05) is 24.7 Å². The SMILES string of the molecule is CS(=O)(=O)c1ccc(N(/C=C(\N)c2ccc(F)cc2)CC2=CCC(Cl)C=C2)cc1. The van der Waals surface area contributed by atoms with Gasteiger partial charge in [0.2, 0.25) is 0 Å². The zero-order valence-electron chi connectivity index (χ0n) is 15.9. The fraction of sp³-hybridized carbons (Fsp3) is 0.182. The number of alkyl halides is 1. The number of halogens is 2. The Morgan fingerprint density at radius 1 is 1.21 bits per heavy atom. The maximum Gasteiger partial charge on any atom is 0.175 e. The summed E-state index contributed by atoms with van der Waals surface area (Å²) in [5.74, 6) is -0.331. The minimum absolute atomic E-state index is 0.0129. The van der Waals surface area contributed by atoms with Crippen molar-refractivity contribution in [2.75, 3.05) is 17.7 Å². The average Bonchev–Trinajstić information content (AvgIpc) is 2.69. The highest BCUT2D eigenvalue weighted by atomic mass is 35.5. The summed E-state index contributed by atoms with van der Waals surface area (Å²) in [7, 11) is -3.28. The van der Waals surface area contributed by atoms with Crippen LogP contribution >= 0.6 is 11.6 Å². The van der Waals surface area contributed by atoms with Gasteiger partial charge in [-0.3, -0.25) is 0 Å². The Hall–Kier alpha value is -2.57. The summed E-state index contributed by atoms with van der Waals surface area (Å²) in [6.07, 6.45) is 9.66. The molecule has 0 saturated heterocycles. The van der Waals surface area contributed by atoms with E-state index < -0.39 is 9.84 Å². The smallest absolute Gasteiger partial charge is 0.175 e. The highest BCUT2D eigenvalue weighted by Gasteiger charge is 2.13. The van der Waals surface area contributed by atoms with E-state index in [2.05, 4.69) is 6.08 Å². The predicted octanol–water partition coefficient (Wildman–Crippen LogP) is 4.49. The van der Waals surface area contributed by atoms with Gasteiger partial charge in [0.05, 0.1) is 16.0 Å². The van der Waals surface area contributed by atoms with Crippen LogP contribution in [-0.2, 0) is 9.84 Å². The van der Waals surface area contributed by atoms with Crippen LogP contribution in [0.25, 0.3) is 5.70 Å². The molecule has 2 N–H and O–H groups in total. The van der Waals surface area contributed by atoms with Gasteiger partial charge < -0.3 is 10.6 Å². The molecule has 3 rings (SSSR count). The molecule has 2 aromatic carbocycles. The van der Waals surface area contributed by atoms with E-state index in [-0.39, 0.29) is 16.1 Å². The summed E-state index contributed by atoms with van der Waals surface area (Å²) in [5, 5.41) is -0.0129. The lowest BCUT2D eigenvalue weighted by atomic mass is 10.1. The Balaban J connectivity index is 1.94. The lowest BCUT2D eigenvalue weighted by Crippen LogP contribution is -2.21. The van der Waals surface area contributed by atoms with Gasteiger partial charge in [0.25, 0.3) is 0 Å². The molecular formula is C22H22ClFN2O2S. The third-order valence-electron chi connectivity index (χ3n) is 4.55. The van der Waals surface area contributed by atoms with Crippen molar-refractivity contribution in [1.29, 1.82) is 0 Å². The normalized spacial score (nSPS) is 17.1. The molecule has 0 aromatic heterocycles. The monoisotopic (exact) mass is 432 g/mol. The molecule has 0 heterocycles. The van der Waals surface area contributed by atoms with Crippen LogP contribution in [0, 0.1) is 5.82 Å². The van der Waals surface area contributed by atoms with Gasteiger partial charge in [0.15, 0.2) is 9.84 Å². The number of hydrogen-bond donors (Lipinski definition) is 1. The van der Waals surface area contributed by atoms with Crippen molar-refractivity contribution < 1.29 is 12.8 Å². The third-order valence-corrected chi connectivity index (χ3v) is 6.00. The number of nitrogens with two attached hydrogens (primary N) is 1. The molecule has 1 atom stereocenters. The molecule has 2 aromatic rings. The number of hydrogen-bond acceptors (Lipinski definition) is 4. The molecule has 0 spiro atoms. The van der Waals surface area contributed by atoms with E-state index in [1.54, 1.807) is 42.6 Å². The van der Waals surface area contributed by atoms with Crippen LogP contribution in [-0.4, -0.2) is 26.6 Å². The maximum atomic E-state index is 13.2. The van der Waals surface area contributed by atoms with Crippen LogP contribution < -0.4 is 10.6 Å². The van der Waals surface area contributed by atoms with Crippen molar-refractivity contribution in [3.8, 4) is 0 Å². The van der Waals surface area contributed by atoms with Gasteiger partial charge >= 0.3 is 0 Å². The Bertz CT molecular complexity index is 1060. The first-order chi connectivity index (χ1) is 13.7. The summed E-state index contributed by atoms with van der Waals surface area (Å²) in [6, 6.07) is 12.6. The molecule has 1 aliphatic carbocycles. The molecule has 0 amide bonds. The molecule has 7 heteroatoms. The van der Waals surface area contributed by atoms with E-state index in [1.165, 1.54) is 18.4 Å². The Kier molecular flexibility index (Phi) is 6.45. The van der Waals surface area contributed by atoms with Crippen LogP contribution in [0.1, 0.15) is 12.0 Å². The van der Waals surface area contributed by atoms with Crippen LogP contribution in [0.3, 0.4) is 0 Å². The fourth-order valence-corrected chi connectivity index (χ4v) is 3.73. The number of sulfone groups is 1. The summed E-state index contributed by atoms with van der Waals surface area (Å²) in [5.41, 5.74) is 9.26. The first kappa shape index (κ1) is 21.1. The van der Waals surface area contributed by atoms with Crippen LogP contribution in [0.2, 0.25) is 0 Å². The van der Waals surface area contributed by atoms with Gasteiger partial charge in [-0.2, -0.15) is 0 Å². The standard InChI is InChI=1S/C22H22ClFN2O2S/c1-29(27,28)21-12-10-20(11-13-21)26(14-16-2-6-18(23)7-3-16)15-22(25)17-4-8-19(24)9-5-17/h2-6,8-13,15,18H,7,14,25H2,1H3/b22-15-. The molecule has 0 bridgehead atoms. The summed E-state index contributed by atoms with van der Waals surface area (Å²) < 4.78 is 36.7. The molecule has 0 saturated carbocycles. The number of rotatable bonds is 6. The van der Waals surface area contributed by atoms with E-state index in [0.717, 1.165) is 17.7 Å². The van der Waals surface area contributed by atoms with E-state index in [4.69, 9.17) is 17.3 Å². The Morgan fingerprint density at radius 2 is 1.86 bits per heavy atom. The molecule has 152 valence electrons. The van der Waals surface area contributed by atoms with Crippen molar-refractivity contribution in [3.05, 3.63) is 89.9 Å². The van der Waals surface area contributed by atoms with E-state index in [1.807, 2.05) is 17.1 Å². The zero-order valence-corrected chi connectivity index (χ0v) is 17.5. The molecule has 0 aliphatic heterocycles. The highest BCUT2D eigenvalue weighted by molar-refractivity contribution is 7.90. The lowest BCUT2D eigenvalue weighted by molar-refractivity contribution is 0.602. The number of benzene rings is 2. The second-order valence-electron chi connectivity index (χ2n) is 6.88. The minimum atomic E-state index is -3.28. The second kappa shape index (κ2) is 8.84. The highest BCUT2D eigenvalue weighted by Crippen LogP contribution is 2.24. The average molecular weight is 433 g/mol. The van der Waals surface area contributed by atoms with Crippen LogP contribution in [0.4, 0.5) is 10.1 Å². The topological polar surface area (TPSA) is 63.4 Å². The van der Waals surface area contributed by atoms with Crippen molar-refractivity contribution in [2.45, 2.75) is 16.7 Å². The summed E-state index contributed by atoms with van der Waals surface area (Å²) >= 11 is 6.11. The number of allylic oxidation sites excluding steroid dienone is 2. The molecule has 0 radical (unpaired) electrons. The zero-order chi connectivity index (χ0) is 21.0. The minimum Gasteiger partial charge on any atom is -0.397 e. The van der Waals surface area contributed by atoms with E-state index in [9.17, 15) is 12.8 Å². The van der Waals surface area contributed by atoms with Crippen molar-refractivity contribution in [2.24, 2.45) is 5.73 Å². The third kappa shape index (κ3) is 5.71. The number of nitrogens with zero attached hydrogens (tertiary/aromatic N) is 1. The van der Waals surface area contributed by atoms with Gasteiger partial charge in [-0.25, -0.2) is 12.8 Å². The molecule has 1 unspecified atom stereocenters. The van der Waals surface area contributed by atoms with E-state index in [0.29, 0.717) is 17.8 Å². The van der Waals surface area contributed by atoms with Gasteiger partial charge in [0.1, 0.15) is 5.82 Å². The Morgan fingerprint density at radius 3 is 2.41 bits per heavy atom.